The number of aliphatic imine (C=N–C) groups is 1. The van der Waals surface area contributed by atoms with Crippen LogP contribution in [0.5, 0.6) is 0 Å². The van der Waals surface area contributed by atoms with Gasteiger partial charge >= 0.3 is 6.18 Å². The smallest absolute Gasteiger partial charge is 0.346 e. The standard InChI is InChI=1S/C22H26F3N5/c1-14(20-19-10-11-27-21(19)29-13-30(20)26)16-4-8-18(9-5-16)28-12-15-2-6-17(7-3-15)22(23,24)25/h2-3,6-7,10-11,13,16,18,27-28H,4-5,8-9,12,26H2,1H3/b20-14+. The Bertz CT molecular complexity index is 934. The van der Waals surface area contributed by atoms with Crippen molar-refractivity contribution in [3.63, 3.8) is 0 Å². The zero-order chi connectivity index (χ0) is 21.3. The van der Waals surface area contributed by atoms with E-state index >= 15 is 0 Å². The van der Waals surface area contributed by atoms with Gasteiger partial charge in [0.25, 0.3) is 0 Å². The third-order valence-corrected chi connectivity index (χ3v) is 6.14. The summed E-state index contributed by atoms with van der Waals surface area (Å²) in [7, 11) is 0. The van der Waals surface area contributed by atoms with E-state index in [1.165, 1.54) is 5.57 Å². The molecular weight excluding hydrogens is 391 g/mol. The number of nitrogens with one attached hydrogen (secondary N) is 2. The first-order valence-electron chi connectivity index (χ1n) is 10.2. The van der Waals surface area contributed by atoms with Crippen molar-refractivity contribution < 1.29 is 13.2 Å². The van der Waals surface area contributed by atoms with Gasteiger partial charge in [-0.05, 0) is 67.9 Å². The third-order valence-electron chi connectivity index (χ3n) is 6.14. The van der Waals surface area contributed by atoms with Gasteiger partial charge in [0.15, 0.2) is 0 Å². The second-order valence-corrected chi connectivity index (χ2v) is 8.05. The fraction of sp³-hybridized carbons (Fsp3) is 0.409. The van der Waals surface area contributed by atoms with Crippen molar-refractivity contribution in [1.82, 2.24) is 15.3 Å². The summed E-state index contributed by atoms with van der Waals surface area (Å²) >= 11 is 0. The molecule has 4 N–H and O–H groups in total. The highest BCUT2D eigenvalue weighted by molar-refractivity contribution is 5.86. The number of fused-ring (bicyclic) bond motifs is 1. The van der Waals surface area contributed by atoms with Gasteiger partial charge in [-0.15, -0.1) is 0 Å². The number of hydrogen-bond donors (Lipinski definition) is 3. The average molecular weight is 417 g/mol. The molecule has 1 fully saturated rings. The largest absolute Gasteiger partial charge is 0.416 e. The molecule has 5 nitrogen and oxygen atoms in total. The Morgan fingerprint density at radius 2 is 1.87 bits per heavy atom. The predicted octanol–water partition coefficient (Wildman–Crippen LogP) is 4.96. The van der Waals surface area contributed by atoms with Gasteiger partial charge in [0.05, 0.1) is 11.3 Å². The highest BCUT2D eigenvalue weighted by Crippen LogP contribution is 2.38. The van der Waals surface area contributed by atoms with Crippen LogP contribution in [0.25, 0.3) is 5.70 Å². The van der Waals surface area contributed by atoms with Gasteiger partial charge in [-0.3, -0.25) is 5.01 Å². The predicted molar refractivity (Wildman–Crippen MR) is 112 cm³/mol. The first kappa shape index (κ1) is 20.7. The summed E-state index contributed by atoms with van der Waals surface area (Å²) in [4.78, 5) is 7.44. The highest BCUT2D eigenvalue weighted by Gasteiger charge is 2.30. The molecule has 2 aliphatic rings. The maximum absolute atomic E-state index is 12.7. The number of aromatic nitrogens is 1. The van der Waals surface area contributed by atoms with Gasteiger partial charge < -0.3 is 10.3 Å². The molecule has 0 spiro atoms. The van der Waals surface area contributed by atoms with Crippen molar-refractivity contribution in [2.24, 2.45) is 16.8 Å². The summed E-state index contributed by atoms with van der Waals surface area (Å²) in [5, 5.41) is 5.09. The van der Waals surface area contributed by atoms with Gasteiger partial charge in [0, 0.05) is 24.3 Å². The fourth-order valence-electron chi connectivity index (χ4n) is 4.39. The van der Waals surface area contributed by atoms with Crippen LogP contribution >= 0.6 is 0 Å². The maximum Gasteiger partial charge on any atom is 0.416 e. The van der Waals surface area contributed by atoms with E-state index in [1.54, 1.807) is 23.5 Å². The molecule has 1 aromatic heterocycles. The lowest BCUT2D eigenvalue weighted by atomic mass is 9.80. The molecule has 160 valence electrons. The Kier molecular flexibility index (Phi) is 5.71. The van der Waals surface area contributed by atoms with E-state index in [-0.39, 0.29) is 0 Å². The molecule has 1 aliphatic heterocycles. The molecule has 4 rings (SSSR count). The van der Waals surface area contributed by atoms with Gasteiger partial charge in [-0.2, -0.15) is 13.2 Å². The molecule has 0 radical (unpaired) electrons. The van der Waals surface area contributed by atoms with Crippen LogP contribution in [0.4, 0.5) is 19.0 Å². The second kappa shape index (κ2) is 8.28. The number of hydrazine groups is 1. The normalized spacial score (nSPS) is 23.4. The van der Waals surface area contributed by atoms with E-state index in [0.717, 1.165) is 60.5 Å². The minimum atomic E-state index is -4.29. The Labute approximate surface area is 173 Å². The molecule has 0 bridgehead atoms. The van der Waals surface area contributed by atoms with E-state index in [4.69, 9.17) is 5.84 Å². The number of alkyl halides is 3. The first-order chi connectivity index (χ1) is 14.3. The molecule has 2 heterocycles. The number of benzene rings is 1. The highest BCUT2D eigenvalue weighted by atomic mass is 19.4. The van der Waals surface area contributed by atoms with Crippen LogP contribution in [0.3, 0.4) is 0 Å². The van der Waals surface area contributed by atoms with E-state index in [1.807, 2.05) is 12.3 Å². The molecule has 0 atom stereocenters. The Morgan fingerprint density at radius 1 is 1.17 bits per heavy atom. The van der Waals surface area contributed by atoms with Gasteiger partial charge in [-0.25, -0.2) is 10.8 Å². The van der Waals surface area contributed by atoms with Crippen LogP contribution in [-0.4, -0.2) is 22.4 Å². The van der Waals surface area contributed by atoms with E-state index in [0.29, 0.717) is 18.5 Å². The van der Waals surface area contributed by atoms with Crippen LogP contribution in [0.15, 0.2) is 47.1 Å². The first-order valence-corrected chi connectivity index (χ1v) is 10.2. The average Bonchev–Trinajstić information content (AvgIpc) is 3.20. The van der Waals surface area contributed by atoms with Gasteiger partial charge in [0.2, 0.25) is 0 Å². The molecule has 0 saturated heterocycles. The minimum absolute atomic E-state index is 0.367. The zero-order valence-electron chi connectivity index (χ0n) is 16.8. The summed E-state index contributed by atoms with van der Waals surface area (Å²) in [5.41, 5.74) is 3.57. The molecule has 1 aromatic carbocycles. The molecule has 0 amide bonds. The Morgan fingerprint density at radius 3 is 2.53 bits per heavy atom. The van der Waals surface area contributed by atoms with Crippen LogP contribution < -0.4 is 11.2 Å². The van der Waals surface area contributed by atoms with Crippen LogP contribution in [0.1, 0.15) is 49.3 Å². The lowest BCUT2D eigenvalue weighted by Gasteiger charge is -2.33. The van der Waals surface area contributed by atoms with E-state index < -0.39 is 11.7 Å². The zero-order valence-corrected chi connectivity index (χ0v) is 16.8. The van der Waals surface area contributed by atoms with Gasteiger partial charge in [0.1, 0.15) is 12.2 Å². The number of halogens is 3. The van der Waals surface area contributed by atoms with Crippen LogP contribution in [-0.2, 0) is 12.7 Å². The Balaban J connectivity index is 1.34. The SMILES string of the molecule is C/C(=C1/c2cc[nH]c2N=CN1N)C1CCC(NCc2ccc(C(F)(F)F)cc2)CC1. The van der Waals surface area contributed by atoms with Crippen molar-refractivity contribution in [3.8, 4) is 0 Å². The van der Waals surface area contributed by atoms with Crippen LogP contribution in [0.2, 0.25) is 0 Å². The molecular formula is C22H26F3N5. The fourth-order valence-corrected chi connectivity index (χ4v) is 4.39. The van der Waals surface area contributed by atoms with Crippen LogP contribution in [0, 0.1) is 5.92 Å². The number of nitrogens with zero attached hydrogens (tertiary/aromatic N) is 2. The van der Waals surface area contributed by atoms with Crippen molar-refractivity contribution in [2.75, 3.05) is 0 Å². The van der Waals surface area contributed by atoms with Crippen molar-refractivity contribution in [2.45, 2.75) is 51.4 Å². The molecule has 1 aliphatic carbocycles. The monoisotopic (exact) mass is 417 g/mol. The molecule has 1 saturated carbocycles. The van der Waals surface area contributed by atoms with Crippen molar-refractivity contribution in [3.05, 3.63) is 58.8 Å². The number of rotatable bonds is 4. The second-order valence-electron chi connectivity index (χ2n) is 8.05. The van der Waals surface area contributed by atoms with E-state index in [2.05, 4.69) is 22.2 Å². The third kappa shape index (κ3) is 4.29. The lowest BCUT2D eigenvalue weighted by Crippen LogP contribution is -2.34. The molecule has 2 aromatic rings. The maximum atomic E-state index is 12.7. The lowest BCUT2D eigenvalue weighted by molar-refractivity contribution is -0.137. The van der Waals surface area contributed by atoms with Gasteiger partial charge in [-0.1, -0.05) is 12.1 Å². The van der Waals surface area contributed by atoms with E-state index in [9.17, 15) is 13.2 Å². The summed E-state index contributed by atoms with van der Waals surface area (Å²) in [5.74, 6) is 7.45. The minimum Gasteiger partial charge on any atom is -0.346 e. The quantitative estimate of drug-likeness (QED) is 0.616. The number of hydrogen-bond acceptors (Lipinski definition) is 4. The summed E-state index contributed by atoms with van der Waals surface area (Å²) < 4.78 is 38.0. The number of aromatic amines is 1. The molecule has 0 unspecified atom stereocenters. The number of H-pyrrole nitrogens is 1. The summed E-state index contributed by atoms with van der Waals surface area (Å²) in [6, 6.07) is 7.75. The molecule has 30 heavy (non-hydrogen) atoms. The summed E-state index contributed by atoms with van der Waals surface area (Å²) in [6.07, 6.45) is 3.35. The van der Waals surface area contributed by atoms with Crippen molar-refractivity contribution in [1.29, 1.82) is 0 Å². The van der Waals surface area contributed by atoms with Crippen molar-refractivity contribution >= 4 is 17.9 Å². The number of allylic oxidation sites excluding steroid dienone is 1. The summed E-state index contributed by atoms with van der Waals surface area (Å²) in [6.45, 7) is 2.72. The number of nitrogens with two attached hydrogens (primary N) is 1. The Hall–Kier alpha value is -2.58. The molecule has 8 heteroatoms. The topological polar surface area (TPSA) is 69.4 Å².